The average Bonchev–Trinajstić information content (AvgIpc) is 3.29. The first-order valence-corrected chi connectivity index (χ1v) is 18.2. The lowest BCUT2D eigenvalue weighted by Gasteiger charge is -2.51. The van der Waals surface area contributed by atoms with E-state index in [1.165, 1.54) is 19.3 Å². The molecule has 1 heterocycles. The summed E-state index contributed by atoms with van der Waals surface area (Å²) in [5.74, 6) is -2.08. The van der Waals surface area contributed by atoms with Gasteiger partial charge < -0.3 is 34.4 Å². The minimum absolute atomic E-state index is 0.173. The third-order valence-electron chi connectivity index (χ3n) is 12.5. The second kappa shape index (κ2) is 13.6. The summed E-state index contributed by atoms with van der Waals surface area (Å²) in [6.07, 6.45) is 8.17. The molecule has 0 aromatic carbocycles. The first-order valence-electron chi connectivity index (χ1n) is 18.2. The van der Waals surface area contributed by atoms with Crippen LogP contribution in [0.25, 0.3) is 0 Å². The Balaban J connectivity index is 1.46. The SMILES string of the molecule is CCCCCCCCCC(=O)O[C@@]12C[C@@H](C)[C@]34C=C(C)[C@H](O)[C@@]3(O)[C@H](O)C(COC(=O)c3c(CC)noc3CC)=C[C@H](C4O)[C@@H]1C2(C)C. The van der Waals surface area contributed by atoms with E-state index >= 15 is 0 Å². The predicted octanol–water partition coefficient (Wildman–Crippen LogP) is 5.39. The summed E-state index contributed by atoms with van der Waals surface area (Å²) in [6.45, 7) is 13.1. The van der Waals surface area contributed by atoms with Crippen LogP contribution in [0.15, 0.2) is 27.8 Å². The second-order valence-corrected chi connectivity index (χ2v) is 15.5. The summed E-state index contributed by atoms with van der Waals surface area (Å²) in [6, 6.07) is 0. The van der Waals surface area contributed by atoms with Crippen LogP contribution in [0.1, 0.15) is 128 Å². The van der Waals surface area contributed by atoms with E-state index in [1.807, 2.05) is 34.6 Å². The monoisotopic (exact) mass is 671 g/mol. The zero-order valence-electron chi connectivity index (χ0n) is 29.9. The molecule has 5 rings (SSSR count). The molecule has 0 amide bonds. The van der Waals surface area contributed by atoms with Gasteiger partial charge in [0.2, 0.25) is 0 Å². The number of rotatable bonds is 14. The molecule has 0 aliphatic heterocycles. The van der Waals surface area contributed by atoms with Crippen molar-refractivity contribution in [2.24, 2.45) is 28.6 Å². The molecular weight excluding hydrogens is 614 g/mol. The van der Waals surface area contributed by atoms with Crippen LogP contribution in [0.2, 0.25) is 0 Å². The van der Waals surface area contributed by atoms with Gasteiger partial charge in [0.15, 0.2) is 5.76 Å². The molecule has 1 aromatic rings. The molecule has 2 saturated carbocycles. The normalized spacial score (nSPS) is 36.2. The van der Waals surface area contributed by atoms with Crippen molar-refractivity contribution in [2.75, 3.05) is 6.61 Å². The summed E-state index contributed by atoms with van der Waals surface area (Å²) >= 11 is 0. The number of esters is 2. The average molecular weight is 672 g/mol. The van der Waals surface area contributed by atoms with Crippen molar-refractivity contribution < 1.29 is 44.0 Å². The largest absolute Gasteiger partial charge is 0.458 e. The highest BCUT2D eigenvalue weighted by Gasteiger charge is 2.83. The fourth-order valence-electron chi connectivity index (χ4n) is 9.80. The molecule has 10 nitrogen and oxygen atoms in total. The molecule has 1 unspecified atom stereocenters. The van der Waals surface area contributed by atoms with Gasteiger partial charge in [-0.25, -0.2) is 4.79 Å². The molecule has 4 N–H and O–H groups in total. The number of fused-ring (bicyclic) bond motifs is 3. The summed E-state index contributed by atoms with van der Waals surface area (Å²) in [4.78, 5) is 26.8. The van der Waals surface area contributed by atoms with E-state index in [0.29, 0.717) is 42.7 Å². The van der Waals surface area contributed by atoms with E-state index in [1.54, 1.807) is 19.1 Å². The quantitative estimate of drug-likeness (QED) is 0.115. The molecule has 4 aliphatic carbocycles. The minimum Gasteiger partial charge on any atom is -0.458 e. The summed E-state index contributed by atoms with van der Waals surface area (Å²) in [5, 5.41) is 52.4. The number of aryl methyl sites for hydroxylation is 2. The van der Waals surface area contributed by atoms with E-state index in [0.717, 1.165) is 25.7 Å². The van der Waals surface area contributed by atoms with Gasteiger partial charge in [-0.15, -0.1) is 0 Å². The number of unbranched alkanes of at least 4 members (excludes halogenated alkanes) is 6. The molecule has 268 valence electrons. The third-order valence-corrected chi connectivity index (χ3v) is 12.5. The highest BCUT2D eigenvalue weighted by Crippen LogP contribution is 2.76. The fourth-order valence-corrected chi connectivity index (χ4v) is 9.80. The molecule has 4 aliphatic rings. The standard InChI is InChI=1S/C38H57NO9/c1-8-11-12-13-14-15-16-17-28(40)47-37-20-23(5)36-19-22(4)31(41)38(36,45)32(42)24(18-25(33(36)43)30(37)35(37,6)7)21-46-34(44)29-26(9-2)39-48-27(29)10-3/h18-19,23,25,30-33,41-43,45H,8-17,20-21H2,1-7H3/t23-,25+,30-,31+,32-,33?,36+,37+,38-/m1/s1. The van der Waals surface area contributed by atoms with E-state index in [-0.39, 0.29) is 23.0 Å². The zero-order valence-corrected chi connectivity index (χ0v) is 29.9. The number of aromatic nitrogens is 1. The maximum absolute atomic E-state index is 13.4. The molecule has 0 radical (unpaired) electrons. The Kier molecular flexibility index (Phi) is 10.4. The van der Waals surface area contributed by atoms with Crippen LogP contribution in [-0.4, -0.2) is 73.6 Å². The number of carbonyl (C=O) groups excluding carboxylic acids is 2. The summed E-state index contributed by atoms with van der Waals surface area (Å²) in [7, 11) is 0. The number of carbonyl (C=O) groups is 2. The van der Waals surface area contributed by atoms with Gasteiger partial charge in [-0.3, -0.25) is 4.79 Å². The van der Waals surface area contributed by atoms with Gasteiger partial charge in [0.25, 0.3) is 0 Å². The molecule has 48 heavy (non-hydrogen) atoms. The number of nitrogens with zero attached hydrogens (tertiary/aromatic N) is 1. The maximum Gasteiger partial charge on any atom is 0.344 e. The van der Waals surface area contributed by atoms with Crippen molar-refractivity contribution in [2.45, 2.75) is 149 Å². The lowest BCUT2D eigenvalue weighted by Crippen LogP contribution is -2.66. The van der Waals surface area contributed by atoms with E-state index in [2.05, 4.69) is 12.1 Å². The van der Waals surface area contributed by atoms with Gasteiger partial charge in [-0.1, -0.05) is 97.4 Å². The van der Waals surface area contributed by atoms with Crippen molar-refractivity contribution in [3.63, 3.8) is 0 Å². The Morgan fingerprint density at radius 1 is 1.00 bits per heavy atom. The first-order chi connectivity index (χ1) is 22.7. The lowest BCUT2D eigenvalue weighted by molar-refractivity contribution is -0.216. The van der Waals surface area contributed by atoms with Gasteiger partial charge in [-0.05, 0) is 43.3 Å². The van der Waals surface area contributed by atoms with Crippen LogP contribution in [0.4, 0.5) is 0 Å². The Labute approximate surface area is 284 Å². The highest BCUT2D eigenvalue weighted by atomic mass is 16.6. The van der Waals surface area contributed by atoms with Crippen molar-refractivity contribution in [3.05, 3.63) is 40.3 Å². The van der Waals surface area contributed by atoms with Gasteiger partial charge in [0, 0.05) is 30.1 Å². The van der Waals surface area contributed by atoms with Crippen LogP contribution >= 0.6 is 0 Å². The number of aliphatic hydroxyl groups excluding tert-OH is 3. The fraction of sp³-hybridized carbons (Fsp3) is 0.763. The molecular formula is C38H57NO9. The van der Waals surface area contributed by atoms with E-state index < -0.39 is 64.8 Å². The molecule has 9 atom stereocenters. The lowest BCUT2D eigenvalue weighted by atomic mass is 9.58. The number of ether oxygens (including phenoxy) is 2. The van der Waals surface area contributed by atoms with Crippen LogP contribution in [0.5, 0.6) is 0 Å². The van der Waals surface area contributed by atoms with Crippen molar-refractivity contribution in [3.8, 4) is 0 Å². The minimum atomic E-state index is -2.23. The van der Waals surface area contributed by atoms with Crippen LogP contribution in [-0.2, 0) is 27.1 Å². The van der Waals surface area contributed by atoms with Gasteiger partial charge in [0.1, 0.15) is 35.6 Å². The molecule has 2 bridgehead atoms. The topological polar surface area (TPSA) is 160 Å². The van der Waals surface area contributed by atoms with Gasteiger partial charge >= 0.3 is 11.9 Å². The van der Waals surface area contributed by atoms with Crippen LogP contribution in [0, 0.1) is 28.6 Å². The Morgan fingerprint density at radius 3 is 2.31 bits per heavy atom. The Bertz CT molecular complexity index is 1410. The molecule has 0 saturated heterocycles. The third kappa shape index (κ3) is 5.49. The van der Waals surface area contributed by atoms with Crippen LogP contribution < -0.4 is 0 Å². The first kappa shape index (κ1) is 36.7. The van der Waals surface area contributed by atoms with Gasteiger partial charge in [0.05, 0.1) is 17.2 Å². The molecule has 1 aromatic heterocycles. The molecule has 10 heteroatoms. The van der Waals surface area contributed by atoms with Crippen molar-refractivity contribution in [1.29, 1.82) is 0 Å². The Morgan fingerprint density at radius 2 is 1.67 bits per heavy atom. The maximum atomic E-state index is 13.4. The molecule has 1 spiro atoms. The number of aliphatic hydroxyl groups is 4. The number of hydrogen-bond acceptors (Lipinski definition) is 10. The zero-order chi connectivity index (χ0) is 35.2. The Hall–Kier alpha value is -2.53. The summed E-state index contributed by atoms with van der Waals surface area (Å²) < 4.78 is 17.6. The van der Waals surface area contributed by atoms with Gasteiger partial charge in [-0.2, -0.15) is 0 Å². The summed E-state index contributed by atoms with van der Waals surface area (Å²) in [5.41, 5.74) is -3.83. The van der Waals surface area contributed by atoms with Crippen molar-refractivity contribution in [1.82, 2.24) is 5.16 Å². The number of hydrogen-bond donors (Lipinski definition) is 4. The second-order valence-electron chi connectivity index (χ2n) is 15.5. The highest BCUT2D eigenvalue weighted by molar-refractivity contribution is 5.91. The smallest absolute Gasteiger partial charge is 0.344 e. The molecule has 2 fully saturated rings. The van der Waals surface area contributed by atoms with Crippen molar-refractivity contribution >= 4 is 11.9 Å². The van der Waals surface area contributed by atoms with E-state index in [4.69, 9.17) is 14.0 Å². The van der Waals surface area contributed by atoms with E-state index in [9.17, 15) is 30.0 Å². The predicted molar refractivity (Wildman–Crippen MR) is 179 cm³/mol. The van der Waals surface area contributed by atoms with Crippen LogP contribution in [0.3, 0.4) is 0 Å².